The summed E-state index contributed by atoms with van der Waals surface area (Å²) >= 11 is 0. The first-order valence-corrected chi connectivity index (χ1v) is 15.3. The number of likely N-dealkylation sites (tertiary alicyclic amines) is 1. The van der Waals surface area contributed by atoms with E-state index in [-0.39, 0.29) is 29.8 Å². The molecule has 2 heterocycles. The van der Waals surface area contributed by atoms with Gasteiger partial charge < -0.3 is 25.8 Å². The molecule has 8 heteroatoms. The smallest absolute Gasteiger partial charge is 0.270 e. The molecule has 3 amide bonds. The van der Waals surface area contributed by atoms with Gasteiger partial charge in [-0.25, -0.2) is 0 Å². The molecule has 0 aliphatic carbocycles. The predicted octanol–water partition coefficient (Wildman–Crippen LogP) is 5.12. The third kappa shape index (κ3) is 7.09. The van der Waals surface area contributed by atoms with Crippen LogP contribution in [0.1, 0.15) is 63.3 Å². The highest BCUT2D eigenvalue weighted by molar-refractivity contribution is 6.01. The van der Waals surface area contributed by atoms with Gasteiger partial charge in [-0.1, -0.05) is 66.2 Å². The molecule has 0 bridgehead atoms. The number of carbonyl (C=O) groups is 3. The van der Waals surface area contributed by atoms with Crippen molar-refractivity contribution in [2.75, 3.05) is 26.2 Å². The quantitative estimate of drug-likeness (QED) is 0.238. The number of carbonyl (C=O) groups excluding carboxylic acids is 3. The van der Waals surface area contributed by atoms with Gasteiger partial charge in [0.1, 0.15) is 5.69 Å². The Morgan fingerprint density at radius 3 is 2.43 bits per heavy atom. The minimum atomic E-state index is -0.221. The number of aromatic nitrogens is 1. The van der Waals surface area contributed by atoms with Crippen LogP contribution in [-0.4, -0.2) is 64.7 Å². The molecule has 44 heavy (non-hydrogen) atoms. The van der Waals surface area contributed by atoms with Crippen LogP contribution in [0, 0.1) is 6.92 Å². The molecule has 1 fully saturated rings. The number of hydrogen-bond acceptors (Lipinski definition) is 4. The van der Waals surface area contributed by atoms with Gasteiger partial charge in [-0.05, 0) is 73.2 Å². The Bertz CT molecular complexity index is 1570. The van der Waals surface area contributed by atoms with Crippen molar-refractivity contribution in [3.05, 3.63) is 119 Å². The van der Waals surface area contributed by atoms with E-state index in [1.54, 1.807) is 12.3 Å². The van der Waals surface area contributed by atoms with Crippen molar-refractivity contribution in [1.29, 1.82) is 0 Å². The number of piperidine rings is 1. The van der Waals surface area contributed by atoms with E-state index >= 15 is 0 Å². The number of nitrogens with two attached hydrogens (primary N) is 1. The maximum atomic E-state index is 14.1. The van der Waals surface area contributed by atoms with Crippen LogP contribution < -0.4 is 11.1 Å². The Balaban J connectivity index is 1.41. The van der Waals surface area contributed by atoms with Crippen LogP contribution in [-0.2, 0) is 11.2 Å². The van der Waals surface area contributed by atoms with Gasteiger partial charge in [-0.15, -0.1) is 0 Å². The number of benzene rings is 3. The Hall–Kier alpha value is -4.69. The number of nitrogens with zero attached hydrogens (tertiary/aromatic N) is 2. The maximum Gasteiger partial charge on any atom is 0.270 e. The van der Waals surface area contributed by atoms with Crippen molar-refractivity contribution >= 4 is 17.7 Å². The fourth-order valence-electron chi connectivity index (χ4n) is 6.03. The zero-order valence-electron chi connectivity index (χ0n) is 25.5. The maximum absolute atomic E-state index is 14.1. The van der Waals surface area contributed by atoms with Gasteiger partial charge in [-0.3, -0.25) is 14.4 Å². The van der Waals surface area contributed by atoms with E-state index in [2.05, 4.69) is 23.3 Å². The molecule has 5 rings (SSSR count). The number of aromatic amines is 1. The van der Waals surface area contributed by atoms with Gasteiger partial charge in [-0.2, -0.15) is 0 Å². The summed E-state index contributed by atoms with van der Waals surface area (Å²) in [5, 5.41) is 2.87. The highest BCUT2D eigenvalue weighted by atomic mass is 16.2. The average Bonchev–Trinajstić information content (AvgIpc) is 3.60. The molecule has 1 unspecified atom stereocenters. The summed E-state index contributed by atoms with van der Waals surface area (Å²) in [5.74, 6) is -0.122. The lowest BCUT2D eigenvalue weighted by molar-refractivity contribution is -0.136. The second kappa shape index (κ2) is 14.2. The molecule has 3 aromatic carbocycles. The zero-order valence-corrected chi connectivity index (χ0v) is 25.5. The van der Waals surface area contributed by atoms with Crippen molar-refractivity contribution in [1.82, 2.24) is 20.1 Å². The van der Waals surface area contributed by atoms with Gasteiger partial charge in [0.05, 0.1) is 12.5 Å². The Kier molecular flexibility index (Phi) is 9.92. The summed E-state index contributed by atoms with van der Waals surface area (Å²) in [6.07, 6.45) is 3.45. The van der Waals surface area contributed by atoms with Crippen LogP contribution >= 0.6 is 0 Å². The minimum Gasteiger partial charge on any atom is -0.357 e. The van der Waals surface area contributed by atoms with Crippen LogP contribution in [0.4, 0.5) is 0 Å². The van der Waals surface area contributed by atoms with Gasteiger partial charge in [0.15, 0.2) is 0 Å². The molecule has 1 aliphatic rings. The van der Waals surface area contributed by atoms with Crippen molar-refractivity contribution < 1.29 is 14.4 Å². The monoisotopic (exact) mass is 591 g/mol. The number of amides is 3. The van der Waals surface area contributed by atoms with E-state index in [1.165, 1.54) is 0 Å². The van der Waals surface area contributed by atoms with Crippen molar-refractivity contribution in [2.24, 2.45) is 5.73 Å². The molecular formula is C36H41N5O3. The van der Waals surface area contributed by atoms with E-state index in [0.29, 0.717) is 56.7 Å². The van der Waals surface area contributed by atoms with E-state index in [0.717, 1.165) is 27.8 Å². The van der Waals surface area contributed by atoms with E-state index < -0.39 is 0 Å². The summed E-state index contributed by atoms with van der Waals surface area (Å²) in [6, 6.07) is 27.1. The van der Waals surface area contributed by atoms with Crippen molar-refractivity contribution in [3.63, 3.8) is 0 Å². The zero-order chi connectivity index (χ0) is 31.1. The van der Waals surface area contributed by atoms with Gasteiger partial charge in [0, 0.05) is 44.0 Å². The molecule has 0 spiro atoms. The molecule has 4 aromatic rings. The van der Waals surface area contributed by atoms with Crippen molar-refractivity contribution in [3.8, 4) is 11.1 Å². The normalized spacial score (nSPS) is 14.2. The Morgan fingerprint density at radius 2 is 1.73 bits per heavy atom. The van der Waals surface area contributed by atoms with Gasteiger partial charge in [0.25, 0.3) is 11.8 Å². The highest BCUT2D eigenvalue weighted by Gasteiger charge is 2.33. The summed E-state index contributed by atoms with van der Waals surface area (Å²) < 4.78 is 0. The molecule has 228 valence electrons. The SMILES string of the molecule is Cc1ccc(CC(=O)N(C2CCN(C(=O)c3ccc[nH]3)CC2)C(C)c2cccc(-c3ccccc3C(=O)NCCN)c2)cc1. The molecule has 1 aliphatic heterocycles. The van der Waals surface area contributed by atoms with Crippen LogP contribution in [0.15, 0.2) is 91.1 Å². The number of hydrogen-bond donors (Lipinski definition) is 3. The molecule has 8 nitrogen and oxygen atoms in total. The molecule has 1 aromatic heterocycles. The first kappa shape index (κ1) is 30.8. The van der Waals surface area contributed by atoms with E-state index in [1.807, 2.05) is 89.5 Å². The number of nitrogens with one attached hydrogen (secondary N) is 2. The molecule has 4 N–H and O–H groups in total. The van der Waals surface area contributed by atoms with Gasteiger partial charge in [0.2, 0.25) is 5.91 Å². The van der Waals surface area contributed by atoms with Crippen molar-refractivity contribution in [2.45, 2.75) is 45.2 Å². The Morgan fingerprint density at radius 1 is 0.977 bits per heavy atom. The topological polar surface area (TPSA) is 112 Å². The second-order valence-electron chi connectivity index (χ2n) is 11.5. The standard InChI is InChI=1S/C36H41N5O3/c1-25-12-14-27(15-13-25)23-34(42)41(30-16-21-40(22-17-30)36(44)33-11-6-19-38-33)26(2)28-7-5-8-29(24-28)31-9-3-4-10-32(31)35(43)39-20-18-37/h3-15,19,24,26,30,38H,16-18,20-23,37H2,1-2H3,(H,39,43). The first-order chi connectivity index (χ1) is 21.4. The lowest BCUT2D eigenvalue weighted by Crippen LogP contribution is -2.50. The van der Waals surface area contributed by atoms with Crippen LogP contribution in [0.3, 0.4) is 0 Å². The number of aryl methyl sites for hydroxylation is 1. The van der Waals surface area contributed by atoms with Crippen LogP contribution in [0.5, 0.6) is 0 Å². The minimum absolute atomic E-state index is 0.0131. The summed E-state index contributed by atoms with van der Waals surface area (Å²) in [7, 11) is 0. The lowest BCUT2D eigenvalue weighted by atomic mass is 9.93. The van der Waals surface area contributed by atoms with Gasteiger partial charge >= 0.3 is 0 Å². The molecule has 1 atom stereocenters. The first-order valence-electron chi connectivity index (χ1n) is 15.3. The van der Waals surface area contributed by atoms with Crippen LogP contribution in [0.2, 0.25) is 0 Å². The number of rotatable bonds is 10. The largest absolute Gasteiger partial charge is 0.357 e. The van der Waals surface area contributed by atoms with E-state index in [9.17, 15) is 14.4 Å². The highest BCUT2D eigenvalue weighted by Crippen LogP contribution is 2.32. The van der Waals surface area contributed by atoms with E-state index in [4.69, 9.17) is 5.73 Å². The average molecular weight is 592 g/mol. The summed E-state index contributed by atoms with van der Waals surface area (Å²) in [4.78, 5) is 46.9. The third-order valence-corrected chi connectivity index (χ3v) is 8.44. The molecule has 0 radical (unpaired) electrons. The van der Waals surface area contributed by atoms with Crippen LogP contribution in [0.25, 0.3) is 11.1 Å². The predicted molar refractivity (Wildman–Crippen MR) is 173 cm³/mol. The molecular weight excluding hydrogens is 550 g/mol. The third-order valence-electron chi connectivity index (χ3n) is 8.44. The fraction of sp³-hybridized carbons (Fsp3) is 0.306. The fourth-order valence-corrected chi connectivity index (χ4v) is 6.03. The number of H-pyrrole nitrogens is 1. The summed E-state index contributed by atoms with van der Waals surface area (Å²) in [6.45, 7) is 6.03. The summed E-state index contributed by atoms with van der Waals surface area (Å²) in [5.41, 5.74) is 11.6. The Labute approximate surface area is 259 Å². The molecule has 1 saturated heterocycles. The second-order valence-corrected chi connectivity index (χ2v) is 11.5. The lowest BCUT2D eigenvalue weighted by Gasteiger charge is -2.42. The molecule has 0 saturated carbocycles.